The number of hydrogen-bond donors (Lipinski definition) is 2. The van der Waals surface area contributed by atoms with Gasteiger partial charge < -0.3 is 19.7 Å². The van der Waals surface area contributed by atoms with E-state index in [-0.39, 0.29) is 30.1 Å². The van der Waals surface area contributed by atoms with E-state index in [0.717, 1.165) is 0 Å². The zero-order valence-corrected chi connectivity index (χ0v) is 19.7. The first-order valence-electron chi connectivity index (χ1n) is 12.1. The number of halogens is 1. The van der Waals surface area contributed by atoms with Gasteiger partial charge in [-0.25, -0.2) is 9.18 Å². The Labute approximate surface area is 198 Å². The van der Waals surface area contributed by atoms with Gasteiger partial charge in [0.2, 0.25) is 11.8 Å². The molecule has 9 heteroatoms. The molecule has 5 rings (SSSR count). The van der Waals surface area contributed by atoms with E-state index in [4.69, 9.17) is 9.47 Å². The molecule has 2 saturated heterocycles. The predicted molar refractivity (Wildman–Crippen MR) is 122 cm³/mol. The van der Waals surface area contributed by atoms with Gasteiger partial charge >= 0.3 is 6.09 Å². The second-order valence-electron chi connectivity index (χ2n) is 10.8. The van der Waals surface area contributed by atoms with Crippen LogP contribution in [0.25, 0.3) is 0 Å². The van der Waals surface area contributed by atoms with E-state index >= 15 is 4.39 Å². The fourth-order valence-electron chi connectivity index (χ4n) is 6.15. The molecule has 0 bridgehead atoms. The van der Waals surface area contributed by atoms with Crippen LogP contribution in [0.15, 0.2) is 12.1 Å². The van der Waals surface area contributed by atoms with Crippen molar-refractivity contribution in [3.63, 3.8) is 0 Å². The molecule has 0 aromatic heterocycles. The highest BCUT2D eigenvalue weighted by atomic mass is 19.1. The Bertz CT molecular complexity index is 1010. The number of piperidine rings is 1. The van der Waals surface area contributed by atoms with E-state index in [0.29, 0.717) is 36.7 Å². The third kappa shape index (κ3) is 4.09. The van der Waals surface area contributed by atoms with Gasteiger partial charge in [0.05, 0.1) is 30.9 Å². The number of amides is 3. The fraction of sp³-hybridized carbons (Fsp3) is 0.640. The third-order valence-electron chi connectivity index (χ3n) is 8.06. The smallest absolute Gasteiger partial charge is 0.407 e. The molecule has 2 aliphatic heterocycles. The highest BCUT2D eigenvalue weighted by molar-refractivity contribution is 6.01. The number of alkyl carbamates (subject to hydrolysis) is 1. The summed E-state index contributed by atoms with van der Waals surface area (Å²) in [5.41, 5.74) is 0.849. The van der Waals surface area contributed by atoms with Gasteiger partial charge in [0.15, 0.2) is 11.6 Å². The summed E-state index contributed by atoms with van der Waals surface area (Å²) in [5, 5.41) is 5.22. The Morgan fingerprint density at radius 1 is 1.26 bits per heavy atom. The van der Waals surface area contributed by atoms with Crippen LogP contribution in [0.3, 0.4) is 0 Å². The molecule has 3 amide bonds. The van der Waals surface area contributed by atoms with E-state index in [1.165, 1.54) is 39.2 Å². The maximum absolute atomic E-state index is 15.3. The molecule has 184 valence electrons. The van der Waals surface area contributed by atoms with Crippen LogP contribution >= 0.6 is 0 Å². The molecule has 4 aliphatic rings. The third-order valence-corrected chi connectivity index (χ3v) is 8.06. The lowest BCUT2D eigenvalue weighted by Crippen LogP contribution is -2.69. The number of anilines is 1. The maximum atomic E-state index is 15.3. The van der Waals surface area contributed by atoms with Crippen molar-refractivity contribution in [2.45, 2.75) is 63.3 Å². The highest BCUT2D eigenvalue weighted by Gasteiger charge is 2.48. The molecule has 2 N–H and O–H groups in total. The van der Waals surface area contributed by atoms with Crippen molar-refractivity contribution in [3.8, 4) is 5.75 Å². The molecular weight excluding hydrogens is 441 g/mol. The number of carbonyl (C=O) groups excluding carboxylic acids is 3. The lowest BCUT2D eigenvalue weighted by atomic mass is 9.52. The maximum Gasteiger partial charge on any atom is 0.407 e. The van der Waals surface area contributed by atoms with Gasteiger partial charge in [0, 0.05) is 25.1 Å². The molecule has 2 saturated carbocycles. The molecule has 1 aromatic carbocycles. The van der Waals surface area contributed by atoms with Gasteiger partial charge in [-0.1, -0.05) is 12.5 Å². The number of rotatable bonds is 6. The van der Waals surface area contributed by atoms with Crippen molar-refractivity contribution in [2.75, 3.05) is 31.7 Å². The first-order valence-corrected chi connectivity index (χ1v) is 12.1. The van der Waals surface area contributed by atoms with Gasteiger partial charge in [-0.15, -0.1) is 0 Å². The summed E-state index contributed by atoms with van der Waals surface area (Å²) < 4.78 is 26.1. The van der Waals surface area contributed by atoms with Crippen molar-refractivity contribution in [3.05, 3.63) is 23.5 Å². The zero-order chi connectivity index (χ0) is 24.1. The topological polar surface area (TPSA) is 97.0 Å². The first kappa shape index (κ1) is 22.9. The monoisotopic (exact) mass is 473 g/mol. The normalized spacial score (nSPS) is 25.0. The number of imide groups is 1. The zero-order valence-electron chi connectivity index (χ0n) is 19.7. The van der Waals surface area contributed by atoms with Gasteiger partial charge in [-0.3, -0.25) is 14.9 Å². The van der Waals surface area contributed by atoms with Crippen molar-refractivity contribution < 1.29 is 28.2 Å². The van der Waals surface area contributed by atoms with E-state index in [9.17, 15) is 14.4 Å². The molecule has 8 nitrogen and oxygen atoms in total. The lowest BCUT2D eigenvalue weighted by molar-refractivity contribution is -0.134. The summed E-state index contributed by atoms with van der Waals surface area (Å²) in [7, 11) is 1.39. The number of benzene rings is 1. The van der Waals surface area contributed by atoms with Crippen LogP contribution in [0.4, 0.5) is 14.9 Å². The minimum atomic E-state index is -0.728. The van der Waals surface area contributed by atoms with Crippen LogP contribution in [-0.2, 0) is 14.3 Å². The second kappa shape index (κ2) is 8.43. The molecule has 1 unspecified atom stereocenters. The van der Waals surface area contributed by atoms with E-state index < -0.39 is 29.3 Å². The summed E-state index contributed by atoms with van der Waals surface area (Å²) in [5.74, 6) is -1.62. The molecular formula is C25H32FN3O5. The van der Waals surface area contributed by atoms with Crippen molar-refractivity contribution in [2.24, 2.45) is 11.3 Å². The SMILES string of the molecule is COc1c(N2CC(C)(NC(=O)OCC3CC4(CCC4)C3)C2)ccc(C2CCC(=O)NC2=O)c1F. The summed E-state index contributed by atoms with van der Waals surface area (Å²) in [6.45, 7) is 3.34. The molecule has 2 aliphatic carbocycles. The summed E-state index contributed by atoms with van der Waals surface area (Å²) in [4.78, 5) is 37.9. The van der Waals surface area contributed by atoms with Crippen molar-refractivity contribution in [1.82, 2.24) is 10.6 Å². The Morgan fingerprint density at radius 3 is 2.62 bits per heavy atom. The average molecular weight is 474 g/mol. The summed E-state index contributed by atoms with van der Waals surface area (Å²) in [6, 6.07) is 3.31. The minimum absolute atomic E-state index is 0.0572. The predicted octanol–water partition coefficient (Wildman–Crippen LogP) is 3.24. The Kier molecular flexibility index (Phi) is 5.68. The summed E-state index contributed by atoms with van der Waals surface area (Å²) >= 11 is 0. The van der Waals surface area contributed by atoms with Gasteiger partial charge in [0.1, 0.15) is 0 Å². The second-order valence-corrected chi connectivity index (χ2v) is 10.8. The number of methoxy groups -OCH3 is 1. The van der Waals surface area contributed by atoms with Crippen LogP contribution < -0.4 is 20.3 Å². The molecule has 4 fully saturated rings. The van der Waals surface area contributed by atoms with Crippen LogP contribution in [0.1, 0.15) is 63.4 Å². The molecule has 34 heavy (non-hydrogen) atoms. The van der Waals surface area contributed by atoms with Crippen LogP contribution in [0.5, 0.6) is 5.75 Å². The van der Waals surface area contributed by atoms with E-state index in [1.807, 2.05) is 11.8 Å². The molecule has 2 heterocycles. The Hall–Kier alpha value is -2.84. The van der Waals surface area contributed by atoms with E-state index in [2.05, 4.69) is 10.6 Å². The number of nitrogens with one attached hydrogen (secondary N) is 2. The van der Waals surface area contributed by atoms with Gasteiger partial charge in [-0.05, 0) is 56.4 Å². The van der Waals surface area contributed by atoms with Crippen LogP contribution in [-0.4, -0.2) is 50.3 Å². The molecule has 1 atom stereocenters. The average Bonchev–Trinajstić information content (AvgIpc) is 2.70. The number of carbonyl (C=O) groups is 3. The van der Waals surface area contributed by atoms with Gasteiger partial charge in [-0.2, -0.15) is 0 Å². The van der Waals surface area contributed by atoms with Gasteiger partial charge in [0.25, 0.3) is 0 Å². The minimum Gasteiger partial charge on any atom is -0.492 e. The standard InChI is InChI=1S/C25H32FN3O5/c1-24(28-23(32)34-12-15-10-25(11-15)8-3-9-25)13-29(14-24)18-6-4-16(20(26)21(18)33-2)17-5-7-19(30)27-22(17)31/h4,6,15,17H,3,5,7-14H2,1-2H3,(H,28,32)(H,27,30,31). The highest BCUT2D eigenvalue weighted by Crippen LogP contribution is 2.58. The largest absolute Gasteiger partial charge is 0.492 e. The summed E-state index contributed by atoms with van der Waals surface area (Å²) in [6.07, 6.45) is 6.34. The molecule has 1 aromatic rings. The van der Waals surface area contributed by atoms with Crippen LogP contribution in [0.2, 0.25) is 0 Å². The number of nitrogens with zero attached hydrogens (tertiary/aromatic N) is 1. The van der Waals surface area contributed by atoms with Crippen LogP contribution in [0, 0.1) is 17.2 Å². The van der Waals surface area contributed by atoms with E-state index in [1.54, 1.807) is 12.1 Å². The molecule has 1 spiro atoms. The number of ether oxygens (including phenoxy) is 2. The fourth-order valence-corrected chi connectivity index (χ4v) is 6.15. The lowest BCUT2D eigenvalue weighted by Gasteiger charge is -2.54. The number of hydrogen-bond acceptors (Lipinski definition) is 6. The Balaban J connectivity index is 1.17. The van der Waals surface area contributed by atoms with Crippen molar-refractivity contribution >= 4 is 23.6 Å². The first-order chi connectivity index (χ1) is 16.2. The van der Waals surface area contributed by atoms with Crippen molar-refractivity contribution in [1.29, 1.82) is 0 Å². The Morgan fingerprint density at radius 2 is 2.00 bits per heavy atom. The molecule has 0 radical (unpaired) electrons. The quantitative estimate of drug-likeness (QED) is 0.616.